The minimum absolute atomic E-state index is 0.0652. The molecule has 1 aliphatic rings. The molecule has 0 aliphatic carbocycles. The quantitative estimate of drug-likeness (QED) is 0.505. The molecule has 0 bridgehead atoms. The first-order valence-electron chi connectivity index (χ1n) is 8.19. The van der Waals surface area contributed by atoms with Crippen LogP contribution < -0.4 is 0 Å². The molecule has 6 nitrogen and oxygen atoms in total. The largest absolute Gasteiger partial charge is 0.269 e. The number of rotatable bonds is 3. The van der Waals surface area contributed by atoms with E-state index in [2.05, 4.69) is 10.3 Å². The molecular weight excluding hydrogens is 352 g/mol. The Morgan fingerprint density at radius 1 is 1.08 bits per heavy atom. The third-order valence-electron chi connectivity index (χ3n) is 4.10. The molecule has 0 saturated heterocycles. The highest BCUT2D eigenvalue weighted by Crippen LogP contribution is 2.37. The van der Waals surface area contributed by atoms with Gasteiger partial charge in [-0.2, -0.15) is 0 Å². The highest BCUT2D eigenvalue weighted by atomic mass is 35.5. The molecule has 1 unspecified atom stereocenters. The fraction of sp³-hybridized carbons (Fsp3) is 0.263. The molecule has 1 aliphatic heterocycles. The highest BCUT2D eigenvalue weighted by molar-refractivity contribution is 6.30. The summed E-state index contributed by atoms with van der Waals surface area (Å²) in [6.45, 7) is 6.14. The van der Waals surface area contributed by atoms with Gasteiger partial charge in [0, 0.05) is 22.7 Å². The number of hydrogen-bond acceptors (Lipinski definition) is 5. The van der Waals surface area contributed by atoms with Crippen LogP contribution in [0.15, 0.2) is 64.9 Å². The molecule has 2 aromatic carbocycles. The Morgan fingerprint density at radius 3 is 2.23 bits per heavy atom. The molecule has 0 fully saturated rings. The van der Waals surface area contributed by atoms with Crippen molar-refractivity contribution in [1.82, 2.24) is 5.01 Å². The van der Waals surface area contributed by atoms with Crippen molar-refractivity contribution in [2.45, 2.75) is 32.4 Å². The Kier molecular flexibility index (Phi) is 4.78. The van der Waals surface area contributed by atoms with Gasteiger partial charge in [0.25, 0.3) is 5.69 Å². The third-order valence-corrected chi connectivity index (χ3v) is 4.35. The lowest BCUT2D eigenvalue weighted by Gasteiger charge is -2.39. The maximum atomic E-state index is 10.9. The third kappa shape index (κ3) is 3.75. The van der Waals surface area contributed by atoms with Crippen LogP contribution in [0.25, 0.3) is 5.70 Å². The second-order valence-corrected chi connectivity index (χ2v) is 7.49. The van der Waals surface area contributed by atoms with Gasteiger partial charge in [-0.25, -0.2) is 0 Å². The molecular formula is C19H19ClN4O2. The average molecular weight is 371 g/mol. The number of non-ortho nitro benzene ring substituents is 1. The molecule has 1 heterocycles. The summed E-state index contributed by atoms with van der Waals surface area (Å²) in [5.41, 5.74) is 2.37. The van der Waals surface area contributed by atoms with Crippen LogP contribution in [0.4, 0.5) is 5.69 Å². The Hall–Kier alpha value is -2.73. The van der Waals surface area contributed by atoms with Crippen LogP contribution in [0.5, 0.6) is 0 Å². The number of halogens is 1. The van der Waals surface area contributed by atoms with Gasteiger partial charge in [0.15, 0.2) is 0 Å². The van der Waals surface area contributed by atoms with Crippen molar-refractivity contribution < 1.29 is 4.92 Å². The van der Waals surface area contributed by atoms with E-state index in [1.54, 1.807) is 12.1 Å². The van der Waals surface area contributed by atoms with E-state index in [1.165, 1.54) is 12.1 Å². The Bertz CT molecular complexity index is 868. The summed E-state index contributed by atoms with van der Waals surface area (Å²) in [4.78, 5) is 10.5. The van der Waals surface area contributed by atoms with Crippen molar-refractivity contribution in [1.29, 1.82) is 0 Å². The second kappa shape index (κ2) is 6.88. The average Bonchev–Trinajstić information content (AvgIpc) is 2.61. The zero-order valence-corrected chi connectivity index (χ0v) is 15.5. The minimum Gasteiger partial charge on any atom is -0.262 e. The lowest BCUT2D eigenvalue weighted by Crippen LogP contribution is -2.40. The van der Waals surface area contributed by atoms with Crippen molar-refractivity contribution in [3.63, 3.8) is 0 Å². The van der Waals surface area contributed by atoms with Gasteiger partial charge in [-0.3, -0.25) is 15.1 Å². The van der Waals surface area contributed by atoms with E-state index in [-0.39, 0.29) is 17.3 Å². The molecule has 134 valence electrons. The van der Waals surface area contributed by atoms with Gasteiger partial charge in [-0.05, 0) is 56.7 Å². The van der Waals surface area contributed by atoms with Crippen LogP contribution in [0.1, 0.15) is 37.9 Å². The predicted octanol–water partition coefficient (Wildman–Crippen LogP) is 5.81. The van der Waals surface area contributed by atoms with Crippen LogP contribution in [0.2, 0.25) is 5.02 Å². The Labute approximate surface area is 156 Å². The number of nitrogens with zero attached hydrogens (tertiary/aromatic N) is 4. The summed E-state index contributed by atoms with van der Waals surface area (Å²) < 4.78 is 0. The van der Waals surface area contributed by atoms with Gasteiger partial charge in [0.1, 0.15) is 0 Å². The second-order valence-electron chi connectivity index (χ2n) is 7.06. The van der Waals surface area contributed by atoms with Crippen LogP contribution >= 0.6 is 11.6 Å². The summed E-state index contributed by atoms with van der Waals surface area (Å²) >= 11 is 5.96. The number of hydrogen-bond donors (Lipinski definition) is 0. The smallest absolute Gasteiger partial charge is 0.262 e. The van der Waals surface area contributed by atoms with E-state index in [4.69, 9.17) is 11.6 Å². The summed E-state index contributed by atoms with van der Waals surface area (Å²) in [6.07, 6.45) is 2.02. The molecule has 0 spiro atoms. The van der Waals surface area contributed by atoms with Crippen molar-refractivity contribution in [2.24, 2.45) is 10.3 Å². The van der Waals surface area contributed by atoms with Crippen molar-refractivity contribution in [3.8, 4) is 0 Å². The van der Waals surface area contributed by atoms with Crippen LogP contribution in [0, 0.1) is 10.1 Å². The molecule has 0 radical (unpaired) electrons. The molecule has 3 rings (SSSR count). The summed E-state index contributed by atoms with van der Waals surface area (Å²) in [7, 11) is 0. The lowest BCUT2D eigenvalue weighted by atomic mass is 9.97. The van der Waals surface area contributed by atoms with Gasteiger partial charge in [0.05, 0.1) is 22.2 Å². The highest BCUT2D eigenvalue weighted by Gasteiger charge is 2.31. The Morgan fingerprint density at radius 2 is 1.69 bits per heavy atom. The zero-order valence-electron chi connectivity index (χ0n) is 14.8. The molecule has 2 aromatic rings. The Balaban J connectivity index is 2.02. The maximum absolute atomic E-state index is 10.9. The van der Waals surface area contributed by atoms with Gasteiger partial charge < -0.3 is 0 Å². The number of benzene rings is 2. The van der Waals surface area contributed by atoms with Crippen LogP contribution in [0.3, 0.4) is 0 Å². The number of nitro benzene ring substituents is 1. The maximum Gasteiger partial charge on any atom is 0.269 e. The summed E-state index contributed by atoms with van der Waals surface area (Å²) in [5.74, 6) is 0. The van der Waals surface area contributed by atoms with Crippen LogP contribution in [-0.2, 0) is 0 Å². The minimum atomic E-state index is -0.402. The van der Waals surface area contributed by atoms with E-state index < -0.39 is 4.92 Å². The molecule has 1 atom stereocenters. The van der Waals surface area contributed by atoms with E-state index in [1.807, 2.05) is 56.1 Å². The van der Waals surface area contributed by atoms with Gasteiger partial charge in [-0.1, -0.05) is 29.0 Å². The molecule has 0 saturated carbocycles. The van der Waals surface area contributed by atoms with Gasteiger partial charge in [-0.15, -0.1) is 5.11 Å². The normalized spacial score (nSPS) is 17.2. The SMILES string of the molecule is CC(C)(C)N1N=NC(c2ccc(Cl)cc2)=CC1c1ccc([N+](=O)[O-])cc1. The van der Waals surface area contributed by atoms with E-state index in [0.29, 0.717) is 5.02 Å². The summed E-state index contributed by atoms with van der Waals surface area (Å²) in [5, 5.41) is 22.2. The first-order chi connectivity index (χ1) is 12.3. The fourth-order valence-corrected chi connectivity index (χ4v) is 2.89. The molecule has 26 heavy (non-hydrogen) atoms. The van der Waals surface area contributed by atoms with E-state index in [9.17, 15) is 10.1 Å². The first kappa shape index (κ1) is 18.1. The van der Waals surface area contributed by atoms with Gasteiger partial charge in [0.2, 0.25) is 0 Å². The summed E-state index contributed by atoms with van der Waals surface area (Å²) in [6, 6.07) is 13.8. The van der Waals surface area contributed by atoms with Crippen molar-refractivity contribution in [2.75, 3.05) is 0 Å². The molecule has 0 aromatic heterocycles. The molecule has 0 N–H and O–H groups in total. The zero-order chi connectivity index (χ0) is 18.9. The topological polar surface area (TPSA) is 71.1 Å². The molecule has 0 amide bonds. The predicted molar refractivity (Wildman–Crippen MR) is 102 cm³/mol. The first-order valence-corrected chi connectivity index (χ1v) is 8.56. The number of nitro groups is 1. The standard InChI is InChI=1S/C19H19ClN4O2/c1-19(2,3)23-18(14-6-10-16(11-7-14)24(25)26)12-17(21-22-23)13-4-8-15(20)9-5-13/h4-12,18H,1-3H3. The molecule has 7 heteroatoms. The fourth-order valence-electron chi connectivity index (χ4n) is 2.76. The van der Waals surface area contributed by atoms with Crippen molar-refractivity contribution >= 4 is 23.0 Å². The van der Waals surface area contributed by atoms with Gasteiger partial charge >= 0.3 is 0 Å². The lowest BCUT2D eigenvalue weighted by molar-refractivity contribution is -0.384. The van der Waals surface area contributed by atoms with E-state index >= 15 is 0 Å². The monoisotopic (exact) mass is 370 g/mol. The van der Waals surface area contributed by atoms with E-state index in [0.717, 1.165) is 16.8 Å². The van der Waals surface area contributed by atoms with Crippen LogP contribution in [-0.4, -0.2) is 15.5 Å². The van der Waals surface area contributed by atoms with Crippen molar-refractivity contribution in [3.05, 3.63) is 80.9 Å².